The Labute approximate surface area is 105 Å². The van der Waals surface area contributed by atoms with Gasteiger partial charge in [-0.2, -0.15) is 17.5 Å². The van der Waals surface area contributed by atoms with Crippen LogP contribution in [0.15, 0.2) is 0 Å². The SMILES string of the molecule is O=S(=O)(CCNC1CC1)N(CC(F)(F)F)C1CC1. The normalized spacial score (nSPS) is 21.6. The molecule has 2 saturated carbocycles. The summed E-state index contributed by atoms with van der Waals surface area (Å²) in [5.74, 6) is -0.254. The van der Waals surface area contributed by atoms with Crippen LogP contribution in [0.5, 0.6) is 0 Å². The van der Waals surface area contributed by atoms with Gasteiger partial charge >= 0.3 is 6.18 Å². The molecule has 106 valence electrons. The highest BCUT2D eigenvalue weighted by Crippen LogP contribution is 2.32. The van der Waals surface area contributed by atoms with Crippen LogP contribution < -0.4 is 5.32 Å². The van der Waals surface area contributed by atoms with Crippen LogP contribution in [0.3, 0.4) is 0 Å². The van der Waals surface area contributed by atoms with Gasteiger partial charge < -0.3 is 5.32 Å². The Hall–Kier alpha value is -0.340. The summed E-state index contributed by atoms with van der Waals surface area (Å²) in [6.07, 6.45) is -1.36. The van der Waals surface area contributed by atoms with E-state index < -0.39 is 28.8 Å². The number of alkyl halides is 3. The Morgan fingerprint density at radius 3 is 2.22 bits per heavy atom. The van der Waals surface area contributed by atoms with Crippen molar-refractivity contribution < 1.29 is 21.6 Å². The fourth-order valence-electron chi connectivity index (χ4n) is 1.79. The van der Waals surface area contributed by atoms with Gasteiger partial charge in [0.1, 0.15) is 6.54 Å². The maximum Gasteiger partial charge on any atom is 0.402 e. The average molecular weight is 286 g/mol. The molecule has 0 heterocycles. The van der Waals surface area contributed by atoms with E-state index in [1.165, 1.54) is 0 Å². The van der Waals surface area contributed by atoms with E-state index in [9.17, 15) is 21.6 Å². The predicted octanol–water partition coefficient (Wildman–Crippen LogP) is 1.09. The third kappa shape index (κ3) is 4.40. The lowest BCUT2D eigenvalue weighted by atomic mass is 10.6. The van der Waals surface area contributed by atoms with E-state index in [1.807, 2.05) is 0 Å². The van der Waals surface area contributed by atoms with E-state index in [2.05, 4.69) is 5.32 Å². The molecule has 18 heavy (non-hydrogen) atoms. The van der Waals surface area contributed by atoms with Gasteiger partial charge in [-0.1, -0.05) is 0 Å². The Morgan fingerprint density at radius 1 is 1.17 bits per heavy atom. The molecule has 0 atom stereocenters. The summed E-state index contributed by atoms with van der Waals surface area (Å²) in [4.78, 5) is 0. The van der Waals surface area contributed by atoms with E-state index in [-0.39, 0.29) is 12.3 Å². The third-order valence-electron chi connectivity index (χ3n) is 3.02. The summed E-state index contributed by atoms with van der Waals surface area (Å²) in [6.45, 7) is -1.13. The maximum absolute atomic E-state index is 12.4. The van der Waals surface area contributed by atoms with E-state index in [0.29, 0.717) is 23.2 Å². The first-order valence-electron chi connectivity index (χ1n) is 6.07. The monoisotopic (exact) mass is 286 g/mol. The molecule has 0 unspecified atom stereocenters. The number of hydrogen-bond donors (Lipinski definition) is 1. The Balaban J connectivity index is 1.90. The molecule has 2 rings (SSSR count). The van der Waals surface area contributed by atoms with Gasteiger partial charge in [0.25, 0.3) is 0 Å². The molecule has 1 N–H and O–H groups in total. The van der Waals surface area contributed by atoms with Crippen molar-refractivity contribution in [3.63, 3.8) is 0 Å². The summed E-state index contributed by atoms with van der Waals surface area (Å²) >= 11 is 0. The smallest absolute Gasteiger partial charge is 0.313 e. The van der Waals surface area contributed by atoms with Crippen molar-refractivity contribution >= 4 is 10.0 Å². The quantitative estimate of drug-likeness (QED) is 0.762. The molecule has 0 amide bonds. The lowest BCUT2D eigenvalue weighted by Crippen LogP contribution is -2.43. The van der Waals surface area contributed by atoms with E-state index in [1.54, 1.807) is 0 Å². The van der Waals surface area contributed by atoms with Crippen LogP contribution in [0.2, 0.25) is 0 Å². The molecule has 2 aliphatic rings. The summed E-state index contributed by atoms with van der Waals surface area (Å²) in [5, 5.41) is 3.00. The summed E-state index contributed by atoms with van der Waals surface area (Å²) in [6, 6.07) is -0.0882. The van der Waals surface area contributed by atoms with E-state index >= 15 is 0 Å². The van der Waals surface area contributed by atoms with E-state index in [4.69, 9.17) is 0 Å². The average Bonchev–Trinajstić information content (AvgIpc) is 3.06. The zero-order valence-corrected chi connectivity index (χ0v) is 10.7. The zero-order chi connectivity index (χ0) is 13.4. The van der Waals surface area contributed by atoms with Crippen molar-refractivity contribution in [3.05, 3.63) is 0 Å². The van der Waals surface area contributed by atoms with Crippen LogP contribution in [-0.2, 0) is 10.0 Å². The Bertz CT molecular complexity index is 388. The molecular formula is C10H17F3N2O2S. The molecule has 4 nitrogen and oxygen atoms in total. The first-order chi connectivity index (χ1) is 8.28. The van der Waals surface area contributed by atoms with Crippen LogP contribution in [0.1, 0.15) is 25.7 Å². The minimum atomic E-state index is -4.47. The predicted molar refractivity (Wildman–Crippen MR) is 60.6 cm³/mol. The molecular weight excluding hydrogens is 269 g/mol. The van der Waals surface area contributed by atoms with Crippen molar-refractivity contribution in [2.45, 2.75) is 43.9 Å². The minimum absolute atomic E-state index is 0.230. The van der Waals surface area contributed by atoms with Crippen molar-refractivity contribution in [2.24, 2.45) is 0 Å². The molecule has 0 bridgehead atoms. The highest BCUT2D eigenvalue weighted by molar-refractivity contribution is 7.89. The molecule has 2 aliphatic carbocycles. The topological polar surface area (TPSA) is 49.4 Å². The van der Waals surface area contributed by atoms with Gasteiger partial charge in [-0.15, -0.1) is 0 Å². The summed E-state index contributed by atoms with van der Waals surface area (Å²) in [7, 11) is -3.81. The van der Waals surface area contributed by atoms with Crippen LogP contribution in [0.4, 0.5) is 13.2 Å². The fourth-order valence-corrected chi connectivity index (χ4v) is 3.41. The van der Waals surface area contributed by atoms with Crippen LogP contribution in [0, 0.1) is 0 Å². The lowest BCUT2D eigenvalue weighted by Gasteiger charge is -2.23. The number of rotatable bonds is 7. The molecule has 8 heteroatoms. The van der Waals surface area contributed by atoms with Crippen LogP contribution in [-0.4, -0.2) is 49.8 Å². The molecule has 0 spiro atoms. The van der Waals surface area contributed by atoms with Gasteiger partial charge in [-0.25, -0.2) is 8.42 Å². The van der Waals surface area contributed by atoms with Crippen LogP contribution in [0.25, 0.3) is 0 Å². The van der Waals surface area contributed by atoms with Gasteiger partial charge in [-0.05, 0) is 25.7 Å². The first kappa shape index (κ1) is 14.1. The second-order valence-corrected chi connectivity index (χ2v) is 6.98. The number of nitrogens with zero attached hydrogens (tertiary/aromatic N) is 1. The second kappa shape index (κ2) is 4.97. The molecule has 0 aliphatic heterocycles. The molecule has 0 radical (unpaired) electrons. The maximum atomic E-state index is 12.4. The molecule has 0 aromatic carbocycles. The Kier molecular flexibility index (Phi) is 3.89. The van der Waals surface area contributed by atoms with Gasteiger partial charge in [-0.3, -0.25) is 0 Å². The number of hydrogen-bond acceptors (Lipinski definition) is 3. The van der Waals surface area contributed by atoms with E-state index in [0.717, 1.165) is 12.8 Å². The van der Waals surface area contributed by atoms with Crippen molar-refractivity contribution in [3.8, 4) is 0 Å². The minimum Gasteiger partial charge on any atom is -0.313 e. The number of nitrogens with one attached hydrogen (secondary N) is 1. The van der Waals surface area contributed by atoms with Crippen LogP contribution >= 0.6 is 0 Å². The van der Waals surface area contributed by atoms with Gasteiger partial charge in [0.2, 0.25) is 10.0 Å². The van der Waals surface area contributed by atoms with Gasteiger partial charge in [0.05, 0.1) is 5.75 Å². The second-order valence-electron chi connectivity index (χ2n) is 4.94. The van der Waals surface area contributed by atoms with Gasteiger partial charge in [0.15, 0.2) is 0 Å². The summed E-state index contributed by atoms with van der Waals surface area (Å²) in [5.41, 5.74) is 0. The number of halogens is 3. The molecule has 0 aromatic heterocycles. The summed E-state index contributed by atoms with van der Waals surface area (Å²) < 4.78 is 61.5. The zero-order valence-electron chi connectivity index (χ0n) is 9.91. The van der Waals surface area contributed by atoms with Crippen molar-refractivity contribution in [1.82, 2.24) is 9.62 Å². The standard InChI is InChI=1S/C10H17F3N2O2S/c11-10(12,13)7-15(9-3-4-9)18(16,17)6-5-14-8-1-2-8/h8-9,14H,1-7H2. The van der Waals surface area contributed by atoms with Crippen molar-refractivity contribution in [2.75, 3.05) is 18.8 Å². The molecule has 0 saturated heterocycles. The molecule has 2 fully saturated rings. The first-order valence-corrected chi connectivity index (χ1v) is 7.68. The third-order valence-corrected chi connectivity index (χ3v) is 4.88. The lowest BCUT2D eigenvalue weighted by molar-refractivity contribution is -0.136. The fraction of sp³-hybridized carbons (Fsp3) is 1.00. The van der Waals surface area contributed by atoms with Gasteiger partial charge in [0, 0.05) is 18.6 Å². The Morgan fingerprint density at radius 2 is 1.78 bits per heavy atom. The van der Waals surface area contributed by atoms with Crippen molar-refractivity contribution in [1.29, 1.82) is 0 Å². The highest BCUT2D eigenvalue weighted by atomic mass is 32.2. The number of sulfonamides is 1. The largest absolute Gasteiger partial charge is 0.402 e. The highest BCUT2D eigenvalue weighted by Gasteiger charge is 2.43. The molecule has 0 aromatic rings.